The fraction of sp³-hybridized carbons (Fsp3) is 0.214. The molecule has 0 saturated carbocycles. The summed E-state index contributed by atoms with van der Waals surface area (Å²) in [4.78, 5) is 27.0. The molecule has 0 aromatic carbocycles. The lowest BCUT2D eigenvalue weighted by Gasteiger charge is -2.11. The van der Waals surface area contributed by atoms with Crippen LogP contribution in [0.25, 0.3) is 0 Å². The number of aromatic hydroxyl groups is 1. The molecule has 0 aliphatic rings. The molecule has 0 aliphatic carbocycles. The van der Waals surface area contributed by atoms with Gasteiger partial charge in [-0.3, -0.25) is 9.59 Å². The Morgan fingerprint density at radius 1 is 1.48 bits per heavy atom. The predicted molar refractivity (Wildman–Crippen MR) is 85.5 cm³/mol. The zero-order chi connectivity index (χ0) is 17.4. The Balaban J connectivity index is 2.61. The molecule has 0 saturated heterocycles. The van der Waals surface area contributed by atoms with Crippen LogP contribution < -0.4 is 21.8 Å². The minimum Gasteiger partial charge on any atom is -0.503 e. The normalized spacial score (nSPS) is 11.9. The van der Waals surface area contributed by atoms with Crippen molar-refractivity contribution in [3.05, 3.63) is 52.4 Å². The molecular weight excluding hydrogens is 302 g/mol. The molecule has 1 aromatic heterocycles. The number of amides is 1. The van der Waals surface area contributed by atoms with Crippen LogP contribution in [0.3, 0.4) is 0 Å². The highest BCUT2D eigenvalue weighted by Gasteiger charge is 2.12. The molecule has 9 heteroatoms. The fourth-order valence-electron chi connectivity index (χ4n) is 1.62. The van der Waals surface area contributed by atoms with Crippen LogP contribution in [0.1, 0.15) is 17.4 Å². The maximum Gasteiger partial charge on any atom is 0.271 e. The van der Waals surface area contributed by atoms with E-state index in [-0.39, 0.29) is 18.1 Å². The van der Waals surface area contributed by atoms with Crippen LogP contribution in [-0.4, -0.2) is 40.3 Å². The summed E-state index contributed by atoms with van der Waals surface area (Å²) >= 11 is 0. The van der Waals surface area contributed by atoms with Gasteiger partial charge in [0.25, 0.3) is 5.91 Å². The Morgan fingerprint density at radius 3 is 2.74 bits per heavy atom. The average molecular weight is 321 g/mol. The van der Waals surface area contributed by atoms with E-state index in [4.69, 9.17) is 10.8 Å². The van der Waals surface area contributed by atoms with Gasteiger partial charge >= 0.3 is 0 Å². The Labute approximate surface area is 132 Å². The van der Waals surface area contributed by atoms with Gasteiger partial charge in [0.15, 0.2) is 5.75 Å². The van der Waals surface area contributed by atoms with Crippen molar-refractivity contribution in [2.75, 3.05) is 13.1 Å². The van der Waals surface area contributed by atoms with Gasteiger partial charge in [-0.2, -0.15) is 4.73 Å². The molecule has 23 heavy (non-hydrogen) atoms. The second kappa shape index (κ2) is 8.27. The molecule has 0 unspecified atom stereocenters. The van der Waals surface area contributed by atoms with Gasteiger partial charge in [-0.25, -0.2) is 4.99 Å². The number of aromatic nitrogens is 1. The van der Waals surface area contributed by atoms with Crippen LogP contribution in [0.2, 0.25) is 0 Å². The Morgan fingerprint density at radius 2 is 2.13 bits per heavy atom. The van der Waals surface area contributed by atoms with Gasteiger partial charge in [0, 0.05) is 25.4 Å². The molecule has 0 spiro atoms. The second-order valence-corrected chi connectivity index (χ2v) is 4.33. The third-order valence-corrected chi connectivity index (χ3v) is 2.72. The van der Waals surface area contributed by atoms with Crippen molar-refractivity contribution in [3.8, 4) is 5.75 Å². The maximum absolute atomic E-state index is 11.9. The highest BCUT2D eigenvalue weighted by atomic mass is 16.5. The maximum atomic E-state index is 11.9. The Bertz CT molecular complexity index is 706. The van der Waals surface area contributed by atoms with Crippen molar-refractivity contribution in [3.63, 3.8) is 0 Å². The number of carbonyl (C=O) groups excluding carboxylic acids is 1. The topological polar surface area (TPSA) is 142 Å². The van der Waals surface area contributed by atoms with Crippen molar-refractivity contribution >= 4 is 12.1 Å². The largest absolute Gasteiger partial charge is 0.503 e. The molecule has 6 N–H and O–H groups in total. The molecule has 0 fully saturated rings. The third kappa shape index (κ3) is 4.92. The van der Waals surface area contributed by atoms with Crippen molar-refractivity contribution in [1.82, 2.24) is 15.4 Å². The number of allylic oxidation sites excluding steroid dienone is 1. The first-order chi connectivity index (χ1) is 10.9. The second-order valence-electron chi connectivity index (χ2n) is 4.33. The predicted octanol–water partition coefficient (Wildman–Crippen LogP) is -0.485. The molecule has 0 radical (unpaired) electrons. The molecule has 1 aromatic rings. The number of rotatable bonds is 7. The van der Waals surface area contributed by atoms with Crippen LogP contribution in [0.5, 0.6) is 5.75 Å². The summed E-state index contributed by atoms with van der Waals surface area (Å²) in [6, 6.07) is 0.834. The number of aliphatic imine (C=N–C) groups is 1. The standard InChI is InChI=1S/C14H19N5O4/c1-3-9(13(15)16-4-2)17-5-6-18-14(22)10-7-11(20)12(21)8-19(10)23/h3-4,7-8,17,21,23H,1,5-6,15H2,2H3,(H,18,22)/b13-9+,16-4?. The minimum absolute atomic E-state index is 0.189. The molecule has 9 nitrogen and oxygen atoms in total. The number of nitrogens with two attached hydrogens (primary N) is 1. The van der Waals surface area contributed by atoms with E-state index in [1.165, 1.54) is 12.3 Å². The van der Waals surface area contributed by atoms with E-state index in [2.05, 4.69) is 22.2 Å². The lowest BCUT2D eigenvalue weighted by molar-refractivity contribution is 0.0897. The quantitative estimate of drug-likeness (QED) is 0.199. The van der Waals surface area contributed by atoms with E-state index < -0.39 is 17.1 Å². The van der Waals surface area contributed by atoms with Gasteiger partial charge in [0.1, 0.15) is 11.5 Å². The van der Waals surface area contributed by atoms with Crippen molar-refractivity contribution in [1.29, 1.82) is 0 Å². The van der Waals surface area contributed by atoms with E-state index >= 15 is 0 Å². The van der Waals surface area contributed by atoms with Crippen molar-refractivity contribution < 1.29 is 15.1 Å². The van der Waals surface area contributed by atoms with Gasteiger partial charge in [0.2, 0.25) is 5.43 Å². The third-order valence-electron chi connectivity index (χ3n) is 2.72. The van der Waals surface area contributed by atoms with Gasteiger partial charge < -0.3 is 26.7 Å². The SMILES string of the molecule is C=C/C(NCCNC(=O)c1cc(=O)c(O)cn1O)=C(/N)N=CC. The van der Waals surface area contributed by atoms with Gasteiger partial charge in [0.05, 0.1) is 11.9 Å². The lowest BCUT2D eigenvalue weighted by atomic mass is 10.3. The van der Waals surface area contributed by atoms with Gasteiger partial charge in [-0.1, -0.05) is 6.58 Å². The molecule has 124 valence electrons. The molecule has 0 bridgehead atoms. The summed E-state index contributed by atoms with van der Waals surface area (Å²) in [5, 5.41) is 24.1. The number of hydrogen-bond acceptors (Lipinski definition) is 7. The molecule has 0 aliphatic heterocycles. The van der Waals surface area contributed by atoms with Crippen LogP contribution in [0, 0.1) is 0 Å². The van der Waals surface area contributed by atoms with E-state index in [1.54, 1.807) is 6.92 Å². The summed E-state index contributed by atoms with van der Waals surface area (Å²) in [7, 11) is 0. The highest BCUT2D eigenvalue weighted by Crippen LogP contribution is 2.02. The smallest absolute Gasteiger partial charge is 0.271 e. The zero-order valence-corrected chi connectivity index (χ0v) is 12.6. The molecule has 1 heterocycles. The minimum atomic E-state index is -0.763. The van der Waals surface area contributed by atoms with E-state index in [9.17, 15) is 14.8 Å². The Hall–Kier alpha value is -3.23. The first kappa shape index (κ1) is 17.8. The number of nitrogens with one attached hydrogen (secondary N) is 2. The van der Waals surface area contributed by atoms with Crippen molar-refractivity contribution in [2.45, 2.75) is 6.92 Å². The average Bonchev–Trinajstić information content (AvgIpc) is 2.50. The lowest BCUT2D eigenvalue weighted by Crippen LogP contribution is -2.34. The monoisotopic (exact) mass is 321 g/mol. The zero-order valence-electron chi connectivity index (χ0n) is 12.6. The van der Waals surface area contributed by atoms with Crippen molar-refractivity contribution in [2.24, 2.45) is 10.7 Å². The molecule has 0 atom stereocenters. The molecule has 1 rings (SSSR count). The van der Waals surface area contributed by atoms with Crippen LogP contribution >= 0.6 is 0 Å². The fourth-order valence-corrected chi connectivity index (χ4v) is 1.62. The van der Waals surface area contributed by atoms with Crippen LogP contribution in [-0.2, 0) is 0 Å². The molecule has 1 amide bonds. The summed E-state index contributed by atoms with van der Waals surface area (Å²) in [5.41, 5.74) is 5.15. The summed E-state index contributed by atoms with van der Waals surface area (Å²) in [6.45, 7) is 5.83. The summed E-state index contributed by atoms with van der Waals surface area (Å²) in [5.74, 6) is -1.06. The number of nitrogens with zero attached hydrogens (tertiary/aromatic N) is 2. The first-order valence-corrected chi connectivity index (χ1v) is 6.68. The van der Waals surface area contributed by atoms with E-state index in [0.29, 0.717) is 17.0 Å². The summed E-state index contributed by atoms with van der Waals surface area (Å²) in [6.07, 6.45) is 3.78. The number of pyridine rings is 1. The van der Waals surface area contributed by atoms with Crippen LogP contribution in [0.4, 0.5) is 0 Å². The molecular formula is C14H19N5O4. The number of carbonyl (C=O) groups is 1. The highest BCUT2D eigenvalue weighted by molar-refractivity contribution is 5.92. The van der Waals surface area contributed by atoms with E-state index in [0.717, 1.165) is 12.3 Å². The number of hydrogen-bond donors (Lipinski definition) is 5. The van der Waals surface area contributed by atoms with E-state index in [1.807, 2.05) is 0 Å². The Kier molecular flexibility index (Phi) is 6.41. The van der Waals surface area contributed by atoms with Gasteiger partial charge in [-0.15, -0.1) is 0 Å². The van der Waals surface area contributed by atoms with Crippen LogP contribution in [0.15, 0.2) is 46.2 Å². The first-order valence-electron chi connectivity index (χ1n) is 6.68. The summed E-state index contributed by atoms with van der Waals surface area (Å²) < 4.78 is 0.377. The van der Waals surface area contributed by atoms with Gasteiger partial charge in [-0.05, 0) is 13.0 Å².